The van der Waals surface area contributed by atoms with E-state index >= 15 is 0 Å². The summed E-state index contributed by atoms with van der Waals surface area (Å²) < 4.78 is 14.2. The standard InChI is InChI=1S/C7H9O4P.2K/c1-6-2-4-7(5-3-6)11-12(8,9)10;;/h2-5H,1H3,(H2,8,9,10);;/q;2*+1/p-2. The van der Waals surface area contributed by atoms with Crippen molar-refractivity contribution < 1.29 is 122 Å². The summed E-state index contributed by atoms with van der Waals surface area (Å²) >= 11 is 0. The Bertz CT molecular complexity index is 308. The molecule has 0 amide bonds. The third-order valence-corrected chi connectivity index (χ3v) is 1.67. The van der Waals surface area contributed by atoms with Crippen LogP contribution in [0, 0.1) is 6.92 Å². The van der Waals surface area contributed by atoms with Gasteiger partial charge in [0.2, 0.25) is 0 Å². The van der Waals surface area contributed by atoms with Gasteiger partial charge >= 0.3 is 103 Å². The third kappa shape index (κ3) is 8.58. The zero-order chi connectivity index (χ0) is 9.19. The van der Waals surface area contributed by atoms with Gasteiger partial charge in [0.25, 0.3) is 0 Å². The van der Waals surface area contributed by atoms with Gasteiger partial charge in [0, 0.05) is 0 Å². The fourth-order valence-electron chi connectivity index (χ4n) is 0.728. The number of benzene rings is 1. The van der Waals surface area contributed by atoms with Gasteiger partial charge in [-0.2, -0.15) is 0 Å². The molecule has 1 aromatic rings. The van der Waals surface area contributed by atoms with Crippen molar-refractivity contribution in [1.82, 2.24) is 0 Å². The Morgan fingerprint density at radius 2 is 1.57 bits per heavy atom. The van der Waals surface area contributed by atoms with Crippen LogP contribution in [0.2, 0.25) is 0 Å². The van der Waals surface area contributed by atoms with E-state index in [1.165, 1.54) is 12.1 Å². The van der Waals surface area contributed by atoms with E-state index in [1.54, 1.807) is 12.1 Å². The predicted molar refractivity (Wildman–Crippen MR) is 39.4 cm³/mol. The van der Waals surface area contributed by atoms with Crippen molar-refractivity contribution in [2.45, 2.75) is 6.92 Å². The smallest absolute Gasteiger partial charge is 0.780 e. The van der Waals surface area contributed by atoms with Crippen LogP contribution >= 0.6 is 7.82 Å². The number of phosphoric ester groups is 1. The second-order valence-electron chi connectivity index (χ2n) is 2.35. The fourth-order valence-corrected chi connectivity index (χ4v) is 1.11. The van der Waals surface area contributed by atoms with E-state index < -0.39 is 7.82 Å². The Labute approximate surface area is 168 Å². The molecule has 66 valence electrons. The van der Waals surface area contributed by atoms with Crippen molar-refractivity contribution in [3.63, 3.8) is 0 Å². The first-order valence-corrected chi connectivity index (χ1v) is 4.72. The minimum absolute atomic E-state index is 0. The summed E-state index contributed by atoms with van der Waals surface area (Å²) in [5.41, 5.74) is 0.967. The predicted octanol–water partition coefficient (Wildman–Crippen LogP) is -5.79. The molecule has 0 aliphatic carbocycles. The summed E-state index contributed by atoms with van der Waals surface area (Å²) in [5, 5.41) is 0. The Kier molecular flexibility index (Phi) is 11.4. The molecule has 0 aliphatic rings. The molecule has 0 spiro atoms. The molecule has 0 unspecified atom stereocenters. The molecule has 14 heavy (non-hydrogen) atoms. The molecule has 4 nitrogen and oxygen atoms in total. The molecule has 0 bridgehead atoms. The van der Waals surface area contributed by atoms with Crippen LogP contribution in [0.15, 0.2) is 24.3 Å². The SMILES string of the molecule is Cc1ccc(OP(=O)([O-])[O-])cc1.[K+].[K+]. The van der Waals surface area contributed by atoms with Crippen molar-refractivity contribution >= 4 is 7.82 Å². The Balaban J connectivity index is 0. The van der Waals surface area contributed by atoms with Gasteiger partial charge in [0.15, 0.2) is 0 Å². The zero-order valence-corrected chi connectivity index (χ0v) is 15.5. The number of aryl methyl sites for hydroxylation is 1. The number of hydrogen-bond donors (Lipinski definition) is 0. The third-order valence-electron chi connectivity index (χ3n) is 1.24. The zero-order valence-electron chi connectivity index (χ0n) is 8.39. The van der Waals surface area contributed by atoms with Gasteiger partial charge in [-0.25, -0.2) is 0 Å². The van der Waals surface area contributed by atoms with E-state index in [1.807, 2.05) is 6.92 Å². The molecular weight excluding hydrogens is 257 g/mol. The van der Waals surface area contributed by atoms with E-state index in [4.69, 9.17) is 0 Å². The van der Waals surface area contributed by atoms with E-state index in [2.05, 4.69) is 4.52 Å². The molecule has 0 radical (unpaired) electrons. The van der Waals surface area contributed by atoms with Crippen molar-refractivity contribution in [2.75, 3.05) is 0 Å². The molecule has 0 aromatic heterocycles. The molecular formula is C7H7K2O4P. The maximum atomic E-state index is 10.1. The Morgan fingerprint density at radius 3 is 1.93 bits per heavy atom. The van der Waals surface area contributed by atoms with E-state index in [9.17, 15) is 14.4 Å². The van der Waals surface area contributed by atoms with Crippen LogP contribution in [0.5, 0.6) is 5.75 Å². The molecule has 0 aliphatic heterocycles. The molecule has 0 saturated heterocycles. The van der Waals surface area contributed by atoms with Crippen LogP contribution in [0.1, 0.15) is 5.56 Å². The number of hydrogen-bond acceptors (Lipinski definition) is 4. The van der Waals surface area contributed by atoms with Crippen molar-refractivity contribution in [2.24, 2.45) is 0 Å². The maximum Gasteiger partial charge on any atom is 1.00 e. The van der Waals surface area contributed by atoms with E-state index in [-0.39, 0.29) is 109 Å². The van der Waals surface area contributed by atoms with Crippen molar-refractivity contribution in [3.05, 3.63) is 29.8 Å². The van der Waals surface area contributed by atoms with Gasteiger partial charge in [-0.3, -0.25) is 0 Å². The Morgan fingerprint density at radius 1 is 1.14 bits per heavy atom. The summed E-state index contributed by atoms with van der Waals surface area (Å²) in [7, 11) is -4.90. The monoisotopic (exact) mass is 264 g/mol. The van der Waals surface area contributed by atoms with Gasteiger partial charge < -0.3 is 18.9 Å². The van der Waals surface area contributed by atoms with Crippen LogP contribution in [0.3, 0.4) is 0 Å². The first-order valence-electron chi connectivity index (χ1n) is 3.26. The quantitative estimate of drug-likeness (QED) is 0.394. The summed E-state index contributed by atoms with van der Waals surface area (Å²) in [6.45, 7) is 1.85. The Hall–Kier alpha value is 2.44. The van der Waals surface area contributed by atoms with Gasteiger partial charge in [-0.1, -0.05) is 17.7 Å². The van der Waals surface area contributed by atoms with Gasteiger partial charge in [-0.15, -0.1) is 0 Å². The topological polar surface area (TPSA) is 72.4 Å². The van der Waals surface area contributed by atoms with Crippen LogP contribution < -0.4 is 117 Å². The van der Waals surface area contributed by atoms with Gasteiger partial charge in [-0.05, 0) is 19.1 Å². The maximum absolute atomic E-state index is 10.1. The second kappa shape index (κ2) is 8.52. The minimum atomic E-state index is -4.90. The van der Waals surface area contributed by atoms with Crippen LogP contribution in [0.4, 0.5) is 0 Å². The summed E-state index contributed by atoms with van der Waals surface area (Å²) in [6.07, 6.45) is 0. The summed E-state index contributed by atoms with van der Waals surface area (Å²) in [5.74, 6) is 0.0499. The molecule has 0 atom stereocenters. The van der Waals surface area contributed by atoms with Crippen LogP contribution in [-0.4, -0.2) is 0 Å². The second-order valence-corrected chi connectivity index (χ2v) is 3.43. The molecule has 0 N–H and O–H groups in total. The first-order chi connectivity index (χ1) is 5.47. The van der Waals surface area contributed by atoms with Gasteiger partial charge in [0.05, 0.1) is 0 Å². The average Bonchev–Trinajstić information content (AvgIpc) is 1.91. The first kappa shape index (κ1) is 18.8. The van der Waals surface area contributed by atoms with Gasteiger partial charge in [0.1, 0.15) is 13.6 Å². The fraction of sp³-hybridized carbons (Fsp3) is 0.143. The normalized spacial score (nSPS) is 9.64. The minimum Gasteiger partial charge on any atom is -0.780 e. The molecule has 1 rings (SSSR count). The molecule has 1 aromatic carbocycles. The van der Waals surface area contributed by atoms with Crippen LogP contribution in [-0.2, 0) is 4.57 Å². The van der Waals surface area contributed by atoms with Crippen molar-refractivity contribution in [1.29, 1.82) is 0 Å². The van der Waals surface area contributed by atoms with Crippen LogP contribution in [0.25, 0.3) is 0 Å². The van der Waals surface area contributed by atoms with E-state index in [0.29, 0.717) is 0 Å². The summed E-state index contributed by atoms with van der Waals surface area (Å²) in [6, 6.07) is 6.17. The average molecular weight is 264 g/mol. The molecule has 0 heterocycles. The number of rotatable bonds is 2. The van der Waals surface area contributed by atoms with E-state index in [0.717, 1.165) is 5.56 Å². The molecule has 7 heteroatoms. The summed E-state index contributed by atoms with van der Waals surface area (Å²) in [4.78, 5) is 20.3. The molecule has 0 saturated carbocycles. The number of phosphoric acid groups is 1. The molecule has 0 fully saturated rings. The van der Waals surface area contributed by atoms with Crippen molar-refractivity contribution in [3.8, 4) is 5.75 Å². The largest absolute Gasteiger partial charge is 1.00 e.